The van der Waals surface area contributed by atoms with Crippen LogP contribution in [0.15, 0.2) is 58.3 Å². The first kappa shape index (κ1) is 20.1. The number of hydrogen-bond acceptors (Lipinski definition) is 5. The second-order valence-corrected chi connectivity index (χ2v) is 9.43. The van der Waals surface area contributed by atoms with Crippen molar-refractivity contribution in [3.05, 3.63) is 59.7 Å². The number of nitrogens with one attached hydrogen (secondary N) is 1. The molecule has 0 radical (unpaired) electrons. The van der Waals surface area contributed by atoms with Crippen LogP contribution in [0, 0.1) is 18.3 Å². The monoisotopic (exact) mass is 393 g/mol. The van der Waals surface area contributed by atoms with Gasteiger partial charge in [-0.1, -0.05) is 29.8 Å². The van der Waals surface area contributed by atoms with Crippen LogP contribution >= 0.6 is 0 Å². The zero-order valence-corrected chi connectivity index (χ0v) is 16.0. The van der Waals surface area contributed by atoms with Gasteiger partial charge in [0.1, 0.15) is 6.07 Å². The van der Waals surface area contributed by atoms with Crippen LogP contribution in [0.1, 0.15) is 11.1 Å². The van der Waals surface area contributed by atoms with Crippen LogP contribution in [0.4, 0.5) is 0 Å². The minimum Gasteiger partial charge on any atom is -0.210 e. The van der Waals surface area contributed by atoms with Gasteiger partial charge in [0, 0.05) is 20.1 Å². The van der Waals surface area contributed by atoms with E-state index in [-0.39, 0.29) is 28.4 Å². The fourth-order valence-electron chi connectivity index (χ4n) is 2.22. The average molecular weight is 393 g/mol. The van der Waals surface area contributed by atoms with Gasteiger partial charge in [-0.25, -0.2) is 21.6 Å². The van der Waals surface area contributed by atoms with Gasteiger partial charge in [0.15, 0.2) is 0 Å². The molecule has 26 heavy (non-hydrogen) atoms. The van der Waals surface area contributed by atoms with E-state index >= 15 is 0 Å². The lowest BCUT2D eigenvalue weighted by Crippen LogP contribution is -2.36. The van der Waals surface area contributed by atoms with Crippen LogP contribution in [-0.2, 0) is 20.0 Å². The van der Waals surface area contributed by atoms with Gasteiger partial charge in [-0.3, -0.25) is 0 Å². The third-order valence-electron chi connectivity index (χ3n) is 3.74. The molecule has 1 N–H and O–H groups in total. The van der Waals surface area contributed by atoms with E-state index < -0.39 is 20.0 Å². The standard InChI is InChI=1S/C17H19N3O4S2/c1-14-7-9-16(10-8-14)26(23,24)20(2)12-11-19-25(21,22)17-6-4-3-5-15(17)13-18/h3-10,19H,11-12H2,1-2H3. The van der Waals surface area contributed by atoms with E-state index in [1.54, 1.807) is 18.2 Å². The minimum absolute atomic E-state index is 0.0284. The van der Waals surface area contributed by atoms with Crippen molar-refractivity contribution in [2.75, 3.05) is 20.1 Å². The first-order chi connectivity index (χ1) is 12.2. The predicted octanol–water partition coefficient (Wildman–Crippen LogP) is 1.47. The summed E-state index contributed by atoms with van der Waals surface area (Å²) in [5, 5.41) is 9.02. The van der Waals surface area contributed by atoms with Gasteiger partial charge in [-0.2, -0.15) is 9.57 Å². The molecule has 9 heteroatoms. The SMILES string of the molecule is Cc1ccc(S(=O)(=O)N(C)CCNS(=O)(=O)c2ccccc2C#N)cc1. The van der Waals surface area contributed by atoms with Crippen molar-refractivity contribution in [2.45, 2.75) is 16.7 Å². The minimum atomic E-state index is -3.91. The molecule has 0 spiro atoms. The topological polar surface area (TPSA) is 107 Å². The number of nitriles is 1. The van der Waals surface area contributed by atoms with Crippen LogP contribution < -0.4 is 4.72 Å². The molecule has 0 saturated carbocycles. The quantitative estimate of drug-likeness (QED) is 0.766. The van der Waals surface area contributed by atoms with Crippen LogP contribution in [0.2, 0.25) is 0 Å². The van der Waals surface area contributed by atoms with E-state index in [0.29, 0.717) is 0 Å². The maximum absolute atomic E-state index is 12.5. The first-order valence-electron chi connectivity index (χ1n) is 7.70. The lowest BCUT2D eigenvalue weighted by atomic mass is 10.2. The van der Waals surface area contributed by atoms with Gasteiger partial charge in [0.2, 0.25) is 20.0 Å². The molecule has 0 heterocycles. The molecule has 138 valence electrons. The lowest BCUT2D eigenvalue weighted by Gasteiger charge is -2.17. The fourth-order valence-corrected chi connectivity index (χ4v) is 4.57. The number of aryl methyl sites for hydroxylation is 1. The molecule has 0 aliphatic heterocycles. The van der Waals surface area contributed by atoms with Gasteiger partial charge >= 0.3 is 0 Å². The molecule has 0 fully saturated rings. The molecule has 7 nitrogen and oxygen atoms in total. The second-order valence-electron chi connectivity index (χ2n) is 5.65. The summed E-state index contributed by atoms with van der Waals surface area (Å²) in [6, 6.07) is 14.1. The second kappa shape index (κ2) is 7.97. The Morgan fingerprint density at radius 1 is 1.04 bits per heavy atom. The molecule has 0 aliphatic rings. The molecule has 2 aromatic rings. The van der Waals surface area contributed by atoms with Crippen LogP contribution in [0.5, 0.6) is 0 Å². The zero-order chi connectivity index (χ0) is 19.4. The van der Waals surface area contributed by atoms with E-state index in [9.17, 15) is 16.8 Å². The maximum Gasteiger partial charge on any atom is 0.242 e. The maximum atomic E-state index is 12.5. The molecule has 0 unspecified atom stereocenters. The summed E-state index contributed by atoms with van der Waals surface area (Å²) in [6.45, 7) is 1.68. The Hall–Kier alpha value is -2.25. The molecule has 0 aliphatic carbocycles. The third-order valence-corrected chi connectivity index (χ3v) is 7.14. The van der Waals surface area contributed by atoms with Crippen molar-refractivity contribution in [3.63, 3.8) is 0 Å². The third kappa shape index (κ3) is 4.47. The van der Waals surface area contributed by atoms with E-state index in [0.717, 1.165) is 9.87 Å². The summed E-state index contributed by atoms with van der Waals surface area (Å²) in [7, 11) is -6.23. The lowest BCUT2D eigenvalue weighted by molar-refractivity contribution is 0.469. The Morgan fingerprint density at radius 3 is 2.27 bits per heavy atom. The van der Waals surface area contributed by atoms with E-state index in [1.165, 1.54) is 37.4 Å². The molecule has 0 aromatic heterocycles. The highest BCUT2D eigenvalue weighted by Gasteiger charge is 2.22. The van der Waals surface area contributed by atoms with Crippen molar-refractivity contribution in [2.24, 2.45) is 0 Å². The molecule has 2 rings (SSSR count). The highest BCUT2D eigenvalue weighted by atomic mass is 32.2. The van der Waals surface area contributed by atoms with Crippen molar-refractivity contribution in [3.8, 4) is 6.07 Å². The van der Waals surface area contributed by atoms with Crippen molar-refractivity contribution in [1.82, 2.24) is 9.03 Å². The van der Waals surface area contributed by atoms with Gasteiger partial charge in [-0.15, -0.1) is 0 Å². The summed E-state index contributed by atoms with van der Waals surface area (Å²) < 4.78 is 53.0. The summed E-state index contributed by atoms with van der Waals surface area (Å²) in [5.74, 6) is 0. The number of benzene rings is 2. The van der Waals surface area contributed by atoms with Gasteiger partial charge < -0.3 is 0 Å². The number of hydrogen-bond donors (Lipinski definition) is 1. The highest BCUT2D eigenvalue weighted by molar-refractivity contribution is 7.89. The van der Waals surface area contributed by atoms with E-state index in [2.05, 4.69) is 4.72 Å². The van der Waals surface area contributed by atoms with Crippen LogP contribution in [0.25, 0.3) is 0 Å². The van der Waals surface area contributed by atoms with Gasteiger partial charge in [0.05, 0.1) is 15.4 Å². The van der Waals surface area contributed by atoms with Crippen molar-refractivity contribution >= 4 is 20.0 Å². The molecular weight excluding hydrogens is 374 g/mol. The zero-order valence-electron chi connectivity index (χ0n) is 14.4. The first-order valence-corrected chi connectivity index (χ1v) is 10.6. The van der Waals surface area contributed by atoms with Gasteiger partial charge in [0.25, 0.3) is 0 Å². The highest BCUT2D eigenvalue weighted by Crippen LogP contribution is 2.16. The molecule has 0 bridgehead atoms. The van der Waals surface area contributed by atoms with E-state index in [4.69, 9.17) is 5.26 Å². The Balaban J connectivity index is 2.07. The van der Waals surface area contributed by atoms with Gasteiger partial charge in [-0.05, 0) is 31.2 Å². The van der Waals surface area contributed by atoms with Crippen molar-refractivity contribution < 1.29 is 16.8 Å². The summed E-state index contributed by atoms with van der Waals surface area (Å²) in [4.78, 5) is 0.00910. The summed E-state index contributed by atoms with van der Waals surface area (Å²) >= 11 is 0. The Labute approximate surface area is 154 Å². The number of sulfonamides is 2. The largest absolute Gasteiger partial charge is 0.242 e. The molecule has 0 saturated heterocycles. The number of likely N-dealkylation sites (N-methyl/N-ethyl adjacent to an activating group) is 1. The smallest absolute Gasteiger partial charge is 0.210 e. The Kier molecular flexibility index (Phi) is 6.15. The number of nitrogens with zero attached hydrogens (tertiary/aromatic N) is 2. The average Bonchev–Trinajstić information content (AvgIpc) is 2.61. The normalized spacial score (nSPS) is 12.1. The Morgan fingerprint density at radius 2 is 1.65 bits per heavy atom. The van der Waals surface area contributed by atoms with Crippen molar-refractivity contribution in [1.29, 1.82) is 5.26 Å². The van der Waals surface area contributed by atoms with Crippen LogP contribution in [0.3, 0.4) is 0 Å². The summed E-state index contributed by atoms with van der Waals surface area (Å²) in [6.07, 6.45) is 0. The molecule has 2 aromatic carbocycles. The van der Waals surface area contributed by atoms with E-state index in [1.807, 2.05) is 13.0 Å². The predicted molar refractivity (Wildman–Crippen MR) is 97.3 cm³/mol. The van der Waals surface area contributed by atoms with Crippen LogP contribution in [-0.4, -0.2) is 41.3 Å². The summed E-state index contributed by atoms with van der Waals surface area (Å²) in [5.41, 5.74) is 0.969. The molecular formula is C17H19N3O4S2. The molecule has 0 amide bonds. The number of rotatable bonds is 7. The fraction of sp³-hybridized carbons (Fsp3) is 0.235. The molecule has 0 atom stereocenters. The Bertz CT molecular complexity index is 1020.